The molecular weight excluding hydrogens is 591 g/mol. The van der Waals surface area contributed by atoms with E-state index in [1.54, 1.807) is 0 Å². The van der Waals surface area contributed by atoms with Gasteiger partial charge in [0.1, 0.15) is 5.75 Å². The van der Waals surface area contributed by atoms with Crippen molar-refractivity contribution in [1.82, 2.24) is 0 Å². The van der Waals surface area contributed by atoms with E-state index < -0.39 is 50.0 Å². The molecular formula is C23H19F9O5S2. The first-order valence-corrected chi connectivity index (χ1v) is 13.7. The third kappa shape index (κ3) is 5.36. The zero-order valence-electron chi connectivity index (χ0n) is 19.9. The molecule has 3 rings (SSSR count). The van der Waals surface area contributed by atoms with Crippen molar-refractivity contribution in [1.29, 1.82) is 0 Å². The fourth-order valence-corrected chi connectivity index (χ4v) is 5.29. The molecule has 0 bridgehead atoms. The molecule has 5 nitrogen and oxygen atoms in total. The molecule has 0 spiro atoms. The molecule has 0 aliphatic heterocycles. The van der Waals surface area contributed by atoms with Crippen molar-refractivity contribution in [2.45, 2.75) is 47.4 Å². The fraction of sp³-hybridized carbons (Fsp3) is 0.391. The lowest BCUT2D eigenvalue weighted by molar-refractivity contribution is -0.382. The molecule has 0 radical (unpaired) electrons. The minimum atomic E-state index is -7.45. The van der Waals surface area contributed by atoms with Gasteiger partial charge in [-0.05, 0) is 60.7 Å². The lowest BCUT2D eigenvalue weighted by Crippen LogP contribution is -2.63. The molecule has 0 fully saturated rings. The highest BCUT2D eigenvalue weighted by molar-refractivity contribution is 7.88. The van der Waals surface area contributed by atoms with E-state index in [0.717, 1.165) is 6.07 Å². The van der Waals surface area contributed by atoms with Crippen molar-refractivity contribution < 1.29 is 61.1 Å². The van der Waals surface area contributed by atoms with E-state index in [-0.39, 0.29) is 52.2 Å². The van der Waals surface area contributed by atoms with Gasteiger partial charge in [0.2, 0.25) is 0 Å². The van der Waals surface area contributed by atoms with Gasteiger partial charge in [0.05, 0.1) is 7.11 Å². The number of hydrogen-bond donors (Lipinski definition) is 0. The summed E-state index contributed by atoms with van der Waals surface area (Å²) < 4.78 is 168. The number of halogens is 9. The van der Waals surface area contributed by atoms with Gasteiger partial charge in [-0.1, -0.05) is 12.1 Å². The second-order valence-electron chi connectivity index (χ2n) is 8.37. The van der Waals surface area contributed by atoms with Crippen LogP contribution in [0.15, 0.2) is 47.4 Å². The second kappa shape index (κ2) is 10.3. The molecule has 1 unspecified atom stereocenters. The number of aryl methyl sites for hydroxylation is 1. The first-order valence-electron chi connectivity index (χ1n) is 10.8. The maximum absolute atomic E-state index is 14.5. The number of ether oxygens (including phenoxy) is 1. The Balaban J connectivity index is 2.28. The molecule has 2 aromatic rings. The minimum absolute atomic E-state index is 0.0623. The Morgan fingerprint density at radius 2 is 1.51 bits per heavy atom. The van der Waals surface area contributed by atoms with Crippen LogP contribution in [0.25, 0.3) is 11.3 Å². The molecule has 1 atom stereocenters. The Labute approximate surface area is 219 Å². The Bertz CT molecular complexity index is 1420. The largest absolute Gasteiger partial charge is 0.497 e. The van der Waals surface area contributed by atoms with E-state index in [1.807, 2.05) is 0 Å². The third-order valence-electron chi connectivity index (χ3n) is 5.84. The summed E-state index contributed by atoms with van der Waals surface area (Å²) in [6, 6.07) is 9.13. The van der Waals surface area contributed by atoms with E-state index >= 15 is 0 Å². The van der Waals surface area contributed by atoms with Gasteiger partial charge in [0.25, 0.3) is 0 Å². The SMILES string of the molecule is COc1ccc2c(c1)CCCC(c1cccc(S(C)=O)c1)=C2OS(=O)(=O)C(F)(F)C(F)(F)C(F)(F)C(F)(F)F. The van der Waals surface area contributed by atoms with Crippen molar-refractivity contribution in [3.8, 4) is 5.75 Å². The van der Waals surface area contributed by atoms with Crippen molar-refractivity contribution in [2.75, 3.05) is 13.4 Å². The maximum atomic E-state index is 14.5. The Kier molecular flexibility index (Phi) is 8.16. The second-order valence-corrected chi connectivity index (χ2v) is 11.3. The van der Waals surface area contributed by atoms with Gasteiger partial charge < -0.3 is 8.92 Å². The Morgan fingerprint density at radius 1 is 0.872 bits per heavy atom. The lowest BCUT2D eigenvalue weighted by Gasteiger charge is -2.33. The summed E-state index contributed by atoms with van der Waals surface area (Å²) in [6.07, 6.45) is -5.70. The zero-order chi connectivity index (χ0) is 29.6. The van der Waals surface area contributed by atoms with Crippen molar-refractivity contribution in [3.05, 3.63) is 59.2 Å². The van der Waals surface area contributed by atoms with Gasteiger partial charge in [0, 0.05) is 33.1 Å². The van der Waals surface area contributed by atoms with Crippen LogP contribution >= 0.6 is 0 Å². The van der Waals surface area contributed by atoms with Crippen molar-refractivity contribution in [3.63, 3.8) is 0 Å². The fourth-order valence-electron chi connectivity index (χ4n) is 3.77. The van der Waals surface area contributed by atoms with Crippen molar-refractivity contribution in [2.24, 2.45) is 0 Å². The van der Waals surface area contributed by atoms with Crippen LogP contribution in [0.3, 0.4) is 0 Å². The van der Waals surface area contributed by atoms with Crippen LogP contribution in [0.1, 0.15) is 29.5 Å². The smallest absolute Gasteiger partial charge is 0.460 e. The molecule has 0 heterocycles. The molecule has 0 amide bonds. The van der Waals surface area contributed by atoms with Crippen LogP contribution in [0.2, 0.25) is 0 Å². The molecule has 216 valence electrons. The average molecular weight is 611 g/mol. The lowest BCUT2D eigenvalue weighted by atomic mass is 9.99. The molecule has 0 saturated heterocycles. The van der Waals surface area contributed by atoms with Crippen LogP contribution in [0, 0.1) is 0 Å². The third-order valence-corrected chi connectivity index (χ3v) is 8.03. The number of alkyl halides is 9. The van der Waals surface area contributed by atoms with E-state index in [9.17, 15) is 52.1 Å². The van der Waals surface area contributed by atoms with Gasteiger partial charge in [0.15, 0.2) is 5.76 Å². The van der Waals surface area contributed by atoms with Crippen LogP contribution in [-0.4, -0.2) is 49.3 Å². The van der Waals surface area contributed by atoms with E-state index in [0.29, 0.717) is 0 Å². The molecule has 2 aromatic carbocycles. The molecule has 39 heavy (non-hydrogen) atoms. The van der Waals surface area contributed by atoms with Gasteiger partial charge in [-0.2, -0.15) is 47.9 Å². The molecule has 0 aromatic heterocycles. The van der Waals surface area contributed by atoms with Gasteiger partial charge in [-0.25, -0.2) is 0 Å². The summed E-state index contributed by atoms with van der Waals surface area (Å²) in [7, 11) is -7.52. The van der Waals surface area contributed by atoms with E-state index in [2.05, 4.69) is 4.18 Å². The highest BCUT2D eigenvalue weighted by atomic mass is 32.2. The van der Waals surface area contributed by atoms with Crippen LogP contribution < -0.4 is 4.74 Å². The summed E-state index contributed by atoms with van der Waals surface area (Å²) in [5.74, 6) is -15.7. The highest BCUT2D eigenvalue weighted by Crippen LogP contribution is 2.55. The first kappa shape index (κ1) is 30.8. The molecule has 0 N–H and O–H groups in total. The standard InChI is InChI=1S/C23H19F9O5S2/c1-36-15-9-10-18-13(11-15)6-4-8-17(14-5-3-7-16(12-14)38(2)33)19(18)37-39(34,35)23(31,32)21(26,27)20(24,25)22(28,29)30/h3,5,7,9-12H,4,6,8H2,1-2H3. The zero-order valence-corrected chi connectivity index (χ0v) is 21.6. The quantitative estimate of drug-likeness (QED) is 0.255. The summed E-state index contributed by atoms with van der Waals surface area (Å²) in [5, 5.41) is -7.04. The number of benzene rings is 2. The average Bonchev–Trinajstić information content (AvgIpc) is 3.01. The number of allylic oxidation sites excluding steroid dienone is 1. The number of fused-ring (bicyclic) bond motifs is 1. The topological polar surface area (TPSA) is 69.7 Å². The van der Waals surface area contributed by atoms with Gasteiger partial charge in [-0.15, -0.1) is 0 Å². The highest BCUT2D eigenvalue weighted by Gasteiger charge is 2.86. The first-order chi connectivity index (χ1) is 17.8. The van der Waals surface area contributed by atoms with E-state index in [4.69, 9.17) is 4.74 Å². The van der Waals surface area contributed by atoms with E-state index in [1.165, 1.54) is 49.8 Å². The summed E-state index contributed by atoms with van der Waals surface area (Å²) in [4.78, 5) is 0.197. The van der Waals surface area contributed by atoms with Crippen LogP contribution in [0.5, 0.6) is 5.75 Å². The van der Waals surface area contributed by atoms with Crippen molar-refractivity contribution >= 4 is 32.2 Å². The minimum Gasteiger partial charge on any atom is -0.497 e. The number of rotatable bonds is 8. The Morgan fingerprint density at radius 3 is 2.08 bits per heavy atom. The molecule has 1 aliphatic carbocycles. The monoisotopic (exact) mass is 610 g/mol. The summed E-state index contributed by atoms with van der Waals surface area (Å²) in [6.45, 7) is 0. The number of methoxy groups -OCH3 is 1. The maximum Gasteiger partial charge on any atom is 0.460 e. The Hall–Kier alpha value is -2.75. The van der Waals surface area contributed by atoms with Gasteiger partial charge >= 0.3 is 33.4 Å². The predicted octanol–water partition coefficient (Wildman–Crippen LogP) is 6.41. The normalized spacial score (nSPS) is 16.4. The summed E-state index contributed by atoms with van der Waals surface area (Å²) in [5.41, 5.74) is -0.138. The molecule has 0 saturated carbocycles. The molecule has 16 heteroatoms. The van der Waals surface area contributed by atoms with Crippen LogP contribution in [-0.2, 0) is 31.5 Å². The van der Waals surface area contributed by atoms with Crippen LogP contribution in [0.4, 0.5) is 39.5 Å². The molecule has 1 aliphatic rings. The van der Waals surface area contributed by atoms with Gasteiger partial charge in [-0.3, -0.25) is 4.21 Å². The predicted molar refractivity (Wildman–Crippen MR) is 122 cm³/mol. The number of hydrogen-bond acceptors (Lipinski definition) is 5. The summed E-state index contributed by atoms with van der Waals surface area (Å²) >= 11 is 0.